The molecule has 2 nitrogen and oxygen atoms in total. The Balaban J connectivity index is 2.92. The van der Waals surface area contributed by atoms with E-state index in [-0.39, 0.29) is 0 Å². The second-order valence-corrected chi connectivity index (χ2v) is 6.41. The zero-order chi connectivity index (χ0) is 14.9. The Bertz CT molecular complexity index is 169. The Morgan fingerprint density at radius 1 is 0.700 bits per heavy atom. The summed E-state index contributed by atoms with van der Waals surface area (Å²) in [6.07, 6.45) is 18.2. The number of unbranched alkanes of at least 4 members (excludes halogenated alkanes) is 11. The van der Waals surface area contributed by atoms with Crippen molar-refractivity contribution in [2.24, 2.45) is 5.73 Å². The molecule has 0 saturated carbocycles. The molecule has 0 rings (SSSR count). The van der Waals surface area contributed by atoms with E-state index < -0.39 is 0 Å². The molecule has 0 heterocycles. The summed E-state index contributed by atoms with van der Waals surface area (Å²) in [4.78, 5) is 0. The summed E-state index contributed by atoms with van der Waals surface area (Å²) < 4.78 is 0. The van der Waals surface area contributed by atoms with Gasteiger partial charge in [-0.25, -0.2) is 0 Å². The first-order valence-corrected chi connectivity index (χ1v) is 9.23. The summed E-state index contributed by atoms with van der Waals surface area (Å²) in [5, 5.41) is 3.47. The molecule has 0 radical (unpaired) electrons. The molecule has 0 bridgehead atoms. The third-order valence-corrected chi connectivity index (χ3v) is 3.98. The average Bonchev–Trinajstić information content (AvgIpc) is 2.43. The molecule has 0 spiro atoms. The van der Waals surface area contributed by atoms with Crippen molar-refractivity contribution in [3.63, 3.8) is 0 Å². The van der Waals surface area contributed by atoms with E-state index in [1.807, 2.05) is 0 Å². The molecule has 20 heavy (non-hydrogen) atoms. The van der Waals surface area contributed by atoms with Gasteiger partial charge < -0.3 is 11.1 Å². The van der Waals surface area contributed by atoms with Crippen LogP contribution in [-0.4, -0.2) is 19.1 Å². The van der Waals surface area contributed by atoms with Gasteiger partial charge >= 0.3 is 0 Å². The Hall–Kier alpha value is -0.0800. The fraction of sp³-hybridized carbons (Fsp3) is 1.00. The van der Waals surface area contributed by atoms with E-state index in [0.29, 0.717) is 6.04 Å². The number of hydrogen-bond acceptors (Lipinski definition) is 2. The minimum absolute atomic E-state index is 0.337. The van der Waals surface area contributed by atoms with Crippen LogP contribution in [0.3, 0.4) is 0 Å². The summed E-state index contributed by atoms with van der Waals surface area (Å²) >= 11 is 0. The highest BCUT2D eigenvalue weighted by atomic mass is 14.8. The van der Waals surface area contributed by atoms with E-state index in [4.69, 9.17) is 5.73 Å². The smallest absolute Gasteiger partial charge is 0.00225 e. The van der Waals surface area contributed by atoms with Gasteiger partial charge in [0.1, 0.15) is 0 Å². The molecule has 0 saturated heterocycles. The molecule has 0 aromatic carbocycles. The third-order valence-electron chi connectivity index (χ3n) is 3.98. The van der Waals surface area contributed by atoms with Crippen molar-refractivity contribution in [3.8, 4) is 0 Å². The number of rotatable bonds is 16. The van der Waals surface area contributed by atoms with Crippen molar-refractivity contribution in [3.05, 3.63) is 0 Å². The van der Waals surface area contributed by atoms with Crippen LogP contribution in [0.15, 0.2) is 0 Å². The van der Waals surface area contributed by atoms with Crippen molar-refractivity contribution in [2.45, 2.75) is 103 Å². The molecule has 1 atom stereocenters. The highest BCUT2D eigenvalue weighted by Crippen LogP contribution is 2.11. The molecule has 0 aliphatic carbocycles. The number of nitrogens with two attached hydrogens (primary N) is 1. The third kappa shape index (κ3) is 17.9. The first kappa shape index (κ1) is 19.9. The van der Waals surface area contributed by atoms with Crippen LogP contribution in [0.25, 0.3) is 0 Å². The summed E-state index contributed by atoms with van der Waals surface area (Å²) in [5.41, 5.74) is 5.71. The Labute approximate surface area is 128 Å². The first-order valence-electron chi connectivity index (χ1n) is 9.23. The van der Waals surface area contributed by atoms with Gasteiger partial charge in [0.25, 0.3) is 0 Å². The van der Waals surface area contributed by atoms with Crippen LogP contribution in [0.5, 0.6) is 0 Å². The Kier molecular flexibility index (Phi) is 16.9. The molecule has 0 fully saturated rings. The summed E-state index contributed by atoms with van der Waals surface area (Å²) in [5.74, 6) is 0. The minimum atomic E-state index is 0.337. The van der Waals surface area contributed by atoms with Crippen molar-refractivity contribution in [1.29, 1.82) is 0 Å². The number of nitrogens with one attached hydrogen (secondary N) is 1. The summed E-state index contributed by atoms with van der Waals surface area (Å²) in [6.45, 7) is 6.61. The van der Waals surface area contributed by atoms with Gasteiger partial charge in [-0.2, -0.15) is 0 Å². The van der Waals surface area contributed by atoms with Crippen molar-refractivity contribution < 1.29 is 0 Å². The zero-order valence-electron chi connectivity index (χ0n) is 14.3. The zero-order valence-corrected chi connectivity index (χ0v) is 14.3. The van der Waals surface area contributed by atoms with E-state index in [1.54, 1.807) is 0 Å². The van der Waals surface area contributed by atoms with Crippen LogP contribution in [-0.2, 0) is 0 Å². The van der Waals surface area contributed by atoms with Crippen molar-refractivity contribution >= 4 is 0 Å². The molecule has 0 amide bonds. The fourth-order valence-corrected chi connectivity index (χ4v) is 2.55. The molecule has 0 aromatic rings. The fourth-order valence-electron chi connectivity index (χ4n) is 2.55. The maximum atomic E-state index is 5.71. The minimum Gasteiger partial charge on any atom is -0.328 e. The van der Waals surface area contributed by atoms with Gasteiger partial charge in [0.2, 0.25) is 0 Å². The lowest BCUT2D eigenvalue weighted by molar-refractivity contribution is 0.528. The summed E-state index contributed by atoms with van der Waals surface area (Å²) in [7, 11) is 0. The van der Waals surface area contributed by atoms with Gasteiger partial charge in [-0.3, -0.25) is 0 Å². The van der Waals surface area contributed by atoms with Crippen LogP contribution in [0.4, 0.5) is 0 Å². The largest absolute Gasteiger partial charge is 0.328 e. The van der Waals surface area contributed by atoms with Crippen LogP contribution < -0.4 is 11.1 Å². The second-order valence-electron chi connectivity index (χ2n) is 6.41. The van der Waals surface area contributed by atoms with Crippen LogP contribution >= 0.6 is 0 Å². The van der Waals surface area contributed by atoms with Gasteiger partial charge in [0.05, 0.1) is 0 Å². The van der Waals surface area contributed by atoms with Gasteiger partial charge in [-0.15, -0.1) is 0 Å². The Morgan fingerprint density at radius 3 is 1.60 bits per heavy atom. The molecule has 1 unspecified atom stereocenters. The highest BCUT2D eigenvalue weighted by molar-refractivity contribution is 4.56. The maximum absolute atomic E-state index is 5.71. The maximum Gasteiger partial charge on any atom is 0.00225 e. The first-order chi connectivity index (χ1) is 9.77. The van der Waals surface area contributed by atoms with Gasteiger partial charge in [0, 0.05) is 6.04 Å². The highest BCUT2D eigenvalue weighted by Gasteiger charge is 1.95. The molecule has 2 heteroatoms. The standard InChI is InChI=1S/C18H40N2/c1-3-4-5-6-7-8-9-10-11-12-13-14-16-20-17-15-18(2)19/h18,20H,3-17,19H2,1-2H3. The molecule has 0 aliphatic heterocycles. The predicted molar refractivity (Wildman–Crippen MR) is 92.2 cm³/mol. The lowest BCUT2D eigenvalue weighted by Crippen LogP contribution is -2.24. The molecule has 0 aromatic heterocycles. The van der Waals surface area contributed by atoms with Crippen molar-refractivity contribution in [1.82, 2.24) is 5.32 Å². The van der Waals surface area contributed by atoms with Crippen LogP contribution in [0.1, 0.15) is 97.3 Å². The molecular weight excluding hydrogens is 244 g/mol. The lowest BCUT2D eigenvalue weighted by Gasteiger charge is -2.07. The van der Waals surface area contributed by atoms with Gasteiger partial charge in [0.15, 0.2) is 0 Å². The normalized spacial score (nSPS) is 12.8. The van der Waals surface area contributed by atoms with Crippen LogP contribution in [0.2, 0.25) is 0 Å². The van der Waals surface area contributed by atoms with Gasteiger partial charge in [-0.05, 0) is 32.9 Å². The van der Waals surface area contributed by atoms with E-state index in [0.717, 1.165) is 13.0 Å². The topological polar surface area (TPSA) is 38.0 Å². The lowest BCUT2D eigenvalue weighted by atomic mass is 10.1. The van der Waals surface area contributed by atoms with E-state index in [9.17, 15) is 0 Å². The van der Waals surface area contributed by atoms with Gasteiger partial charge in [-0.1, -0.05) is 77.6 Å². The second kappa shape index (κ2) is 17.0. The predicted octanol–water partition coefficient (Wildman–Crippen LogP) is 5.01. The molecular formula is C18H40N2. The monoisotopic (exact) mass is 284 g/mol. The van der Waals surface area contributed by atoms with E-state index >= 15 is 0 Å². The Morgan fingerprint density at radius 2 is 1.15 bits per heavy atom. The molecule has 0 aliphatic rings. The SMILES string of the molecule is CCCCCCCCCCCCCCNCCC(C)N. The molecule has 3 N–H and O–H groups in total. The number of hydrogen-bond donors (Lipinski definition) is 2. The average molecular weight is 285 g/mol. The van der Waals surface area contributed by atoms with Crippen LogP contribution in [0, 0.1) is 0 Å². The van der Waals surface area contributed by atoms with E-state index in [1.165, 1.54) is 83.6 Å². The molecule has 122 valence electrons. The summed E-state index contributed by atoms with van der Waals surface area (Å²) in [6, 6.07) is 0.337. The van der Waals surface area contributed by atoms with Crippen molar-refractivity contribution in [2.75, 3.05) is 13.1 Å². The van der Waals surface area contributed by atoms with E-state index in [2.05, 4.69) is 19.2 Å². The quantitative estimate of drug-likeness (QED) is 0.391.